The number of ether oxygens (including phenoxy) is 1. The number of aromatic nitrogens is 2. The van der Waals surface area contributed by atoms with Gasteiger partial charge in [0.2, 0.25) is 5.91 Å². The molecule has 0 atom stereocenters. The number of nitrogens with zero attached hydrogens (tertiary/aromatic N) is 3. The lowest BCUT2D eigenvalue weighted by atomic mass is 10.1. The van der Waals surface area contributed by atoms with Crippen LogP contribution in [0, 0.1) is 5.82 Å². The predicted octanol–water partition coefficient (Wildman–Crippen LogP) is 4.61. The second kappa shape index (κ2) is 8.36. The fourth-order valence-corrected chi connectivity index (χ4v) is 3.91. The predicted molar refractivity (Wildman–Crippen MR) is 112 cm³/mol. The highest BCUT2D eigenvalue weighted by Crippen LogP contribution is 2.32. The topological polar surface area (TPSA) is 55.3 Å². The number of hydrogen-bond donors (Lipinski definition) is 0. The molecular formula is C22H18FN3O2S. The van der Waals surface area contributed by atoms with Gasteiger partial charge in [-0.1, -0.05) is 29.5 Å². The minimum Gasteiger partial charge on any atom is -0.497 e. The van der Waals surface area contributed by atoms with E-state index in [9.17, 15) is 9.18 Å². The van der Waals surface area contributed by atoms with Crippen LogP contribution in [-0.2, 0) is 17.8 Å². The van der Waals surface area contributed by atoms with Gasteiger partial charge >= 0.3 is 0 Å². The van der Waals surface area contributed by atoms with Crippen LogP contribution >= 0.6 is 11.3 Å². The van der Waals surface area contributed by atoms with Crippen molar-refractivity contribution in [3.05, 3.63) is 83.9 Å². The maximum Gasteiger partial charge on any atom is 0.233 e. The van der Waals surface area contributed by atoms with Crippen LogP contribution in [0.1, 0.15) is 11.1 Å². The Morgan fingerprint density at radius 1 is 1.14 bits per heavy atom. The molecule has 4 aromatic rings. The van der Waals surface area contributed by atoms with Crippen LogP contribution in [0.2, 0.25) is 0 Å². The lowest BCUT2D eigenvalue weighted by Gasteiger charge is -2.20. The van der Waals surface area contributed by atoms with Gasteiger partial charge in [-0.15, -0.1) is 0 Å². The summed E-state index contributed by atoms with van der Waals surface area (Å²) in [7, 11) is 1.61. The van der Waals surface area contributed by atoms with Crippen LogP contribution in [0.3, 0.4) is 0 Å². The molecule has 0 N–H and O–H groups in total. The molecule has 0 aliphatic heterocycles. The monoisotopic (exact) mass is 407 g/mol. The maximum absolute atomic E-state index is 13.2. The van der Waals surface area contributed by atoms with Crippen molar-refractivity contribution in [1.29, 1.82) is 0 Å². The molecule has 2 aromatic carbocycles. The van der Waals surface area contributed by atoms with Crippen molar-refractivity contribution in [1.82, 2.24) is 9.97 Å². The third-order valence-electron chi connectivity index (χ3n) is 4.45. The molecule has 0 spiro atoms. The first kappa shape index (κ1) is 19.0. The number of pyridine rings is 1. The van der Waals surface area contributed by atoms with Gasteiger partial charge in [0.25, 0.3) is 0 Å². The second-order valence-corrected chi connectivity index (χ2v) is 7.48. The largest absolute Gasteiger partial charge is 0.497 e. The van der Waals surface area contributed by atoms with E-state index in [0.717, 1.165) is 21.3 Å². The van der Waals surface area contributed by atoms with Crippen LogP contribution in [0.4, 0.5) is 9.52 Å². The molecule has 0 bridgehead atoms. The van der Waals surface area contributed by atoms with Crippen LogP contribution in [0.25, 0.3) is 10.2 Å². The molecule has 5 nitrogen and oxygen atoms in total. The summed E-state index contributed by atoms with van der Waals surface area (Å²) in [6.07, 6.45) is 3.58. The zero-order valence-corrected chi connectivity index (χ0v) is 16.5. The highest BCUT2D eigenvalue weighted by Gasteiger charge is 2.21. The minimum atomic E-state index is -0.325. The second-order valence-electron chi connectivity index (χ2n) is 6.47. The molecule has 0 aliphatic rings. The molecule has 1 amide bonds. The molecule has 0 radical (unpaired) electrons. The molecule has 0 saturated carbocycles. The number of halogens is 1. The fraction of sp³-hybridized carbons (Fsp3) is 0.136. The van der Waals surface area contributed by atoms with Crippen LogP contribution in [0.15, 0.2) is 67.0 Å². The van der Waals surface area contributed by atoms with Crippen molar-refractivity contribution < 1.29 is 13.9 Å². The number of rotatable bonds is 6. The Morgan fingerprint density at radius 3 is 2.69 bits per heavy atom. The third-order valence-corrected chi connectivity index (χ3v) is 5.51. The van der Waals surface area contributed by atoms with Crippen LogP contribution in [-0.4, -0.2) is 23.0 Å². The summed E-state index contributed by atoms with van der Waals surface area (Å²) in [6, 6.07) is 15.4. The summed E-state index contributed by atoms with van der Waals surface area (Å²) in [5.74, 6) is 0.269. The summed E-state index contributed by atoms with van der Waals surface area (Å²) in [5.41, 5.74) is 2.42. The minimum absolute atomic E-state index is 0.119. The van der Waals surface area contributed by atoms with Crippen molar-refractivity contribution in [3.63, 3.8) is 0 Å². The Labute approximate surface area is 171 Å². The molecule has 0 aliphatic carbocycles. The molecule has 7 heteroatoms. The highest BCUT2D eigenvalue weighted by molar-refractivity contribution is 7.22. The van der Waals surface area contributed by atoms with E-state index in [1.165, 1.54) is 23.5 Å². The number of carbonyl (C=O) groups is 1. The summed E-state index contributed by atoms with van der Waals surface area (Å²) in [6.45, 7) is 0.352. The normalized spacial score (nSPS) is 10.8. The fourth-order valence-electron chi connectivity index (χ4n) is 2.95. The Bertz CT molecular complexity index is 1130. The summed E-state index contributed by atoms with van der Waals surface area (Å²) in [4.78, 5) is 23.6. The quantitative estimate of drug-likeness (QED) is 0.468. The zero-order valence-electron chi connectivity index (χ0n) is 15.7. The number of fused-ring (bicyclic) bond motifs is 1. The van der Waals surface area contributed by atoms with E-state index in [0.29, 0.717) is 17.4 Å². The Morgan fingerprint density at radius 2 is 1.97 bits per heavy atom. The lowest BCUT2D eigenvalue weighted by molar-refractivity contribution is -0.118. The molecule has 0 unspecified atom stereocenters. The number of thiazole rings is 1. The average Bonchev–Trinajstić information content (AvgIpc) is 3.17. The molecule has 2 aromatic heterocycles. The van der Waals surface area contributed by atoms with Crippen molar-refractivity contribution in [3.8, 4) is 5.75 Å². The van der Waals surface area contributed by atoms with Gasteiger partial charge < -0.3 is 4.74 Å². The Hall–Kier alpha value is -3.32. The van der Waals surface area contributed by atoms with Crippen molar-refractivity contribution in [2.24, 2.45) is 0 Å². The van der Waals surface area contributed by atoms with Gasteiger partial charge in [-0.05, 0) is 41.5 Å². The molecule has 146 valence electrons. The number of anilines is 1. The molecule has 29 heavy (non-hydrogen) atoms. The summed E-state index contributed by atoms with van der Waals surface area (Å²) < 4.78 is 19.4. The van der Waals surface area contributed by atoms with E-state index in [-0.39, 0.29) is 18.1 Å². The van der Waals surface area contributed by atoms with E-state index in [1.807, 2.05) is 30.3 Å². The number of carbonyl (C=O) groups excluding carboxylic acids is 1. The van der Waals surface area contributed by atoms with E-state index in [4.69, 9.17) is 4.74 Å². The Kier molecular flexibility index (Phi) is 5.48. The van der Waals surface area contributed by atoms with E-state index in [2.05, 4.69) is 9.97 Å². The van der Waals surface area contributed by atoms with E-state index in [1.54, 1.807) is 36.5 Å². The zero-order chi connectivity index (χ0) is 20.2. The first-order valence-electron chi connectivity index (χ1n) is 9.00. The van der Waals surface area contributed by atoms with Gasteiger partial charge in [-0.2, -0.15) is 0 Å². The highest BCUT2D eigenvalue weighted by atomic mass is 32.1. The number of methoxy groups -OCH3 is 1. The van der Waals surface area contributed by atoms with Gasteiger partial charge in [0, 0.05) is 18.5 Å². The average molecular weight is 407 g/mol. The molecule has 4 rings (SSSR count). The molecular weight excluding hydrogens is 389 g/mol. The van der Waals surface area contributed by atoms with E-state index < -0.39 is 0 Å². The number of benzene rings is 2. The smallest absolute Gasteiger partial charge is 0.233 e. The van der Waals surface area contributed by atoms with Crippen molar-refractivity contribution in [2.45, 2.75) is 13.0 Å². The van der Waals surface area contributed by atoms with Gasteiger partial charge in [-0.3, -0.25) is 14.7 Å². The number of amides is 1. The van der Waals surface area contributed by atoms with Gasteiger partial charge in [-0.25, -0.2) is 9.37 Å². The van der Waals surface area contributed by atoms with Gasteiger partial charge in [0.1, 0.15) is 11.6 Å². The first-order valence-corrected chi connectivity index (χ1v) is 9.82. The van der Waals surface area contributed by atoms with E-state index >= 15 is 0 Å². The van der Waals surface area contributed by atoms with Gasteiger partial charge in [0.05, 0.1) is 30.3 Å². The molecule has 2 heterocycles. The first-order chi connectivity index (χ1) is 14.1. The van der Waals surface area contributed by atoms with Gasteiger partial charge in [0.15, 0.2) is 5.13 Å². The van der Waals surface area contributed by atoms with Crippen molar-refractivity contribution in [2.75, 3.05) is 12.0 Å². The third kappa shape index (κ3) is 4.41. The van der Waals surface area contributed by atoms with Crippen molar-refractivity contribution >= 4 is 32.6 Å². The number of hydrogen-bond acceptors (Lipinski definition) is 5. The lowest BCUT2D eigenvalue weighted by Crippen LogP contribution is -2.31. The SMILES string of the molecule is COc1ccc2sc(N(Cc3cccnc3)C(=O)Cc3ccc(F)cc3)nc2c1. The van der Waals surface area contributed by atoms with Crippen LogP contribution in [0.5, 0.6) is 5.75 Å². The summed E-state index contributed by atoms with van der Waals surface area (Å²) in [5, 5.41) is 0.601. The maximum atomic E-state index is 13.2. The standard InChI is InChI=1S/C22H18FN3O2S/c1-28-18-8-9-20-19(12-18)25-22(29-20)26(14-16-3-2-10-24-13-16)21(27)11-15-4-6-17(23)7-5-15/h2-10,12-13H,11,14H2,1H3. The van der Waals surface area contributed by atoms with Crippen LogP contribution < -0.4 is 9.64 Å². The molecule has 0 fully saturated rings. The molecule has 0 saturated heterocycles. The Balaban J connectivity index is 1.67. The summed E-state index contributed by atoms with van der Waals surface area (Å²) >= 11 is 1.44.